The minimum atomic E-state index is -0.283. The molecule has 2 saturated heterocycles. The van der Waals surface area contributed by atoms with E-state index in [1.54, 1.807) is 19.1 Å². The minimum Gasteiger partial charge on any atom is -0.341 e. The van der Waals surface area contributed by atoms with Crippen molar-refractivity contribution in [1.29, 1.82) is 0 Å². The SMILES string of the molecule is Cc1cc(C(=O)N2CCC3(CCC(=O)N(CCN(C)C)C3)CC2)ccc1F. The van der Waals surface area contributed by atoms with E-state index in [4.69, 9.17) is 0 Å². The number of likely N-dealkylation sites (N-methyl/N-ethyl adjacent to an activating group) is 1. The van der Waals surface area contributed by atoms with Gasteiger partial charge in [-0.25, -0.2) is 4.39 Å². The molecule has 3 rings (SSSR count). The number of aryl methyl sites for hydroxylation is 1. The molecule has 1 aromatic rings. The van der Waals surface area contributed by atoms with E-state index in [2.05, 4.69) is 4.90 Å². The second-order valence-corrected chi connectivity index (χ2v) is 8.37. The molecule has 1 aromatic carbocycles. The summed E-state index contributed by atoms with van der Waals surface area (Å²) < 4.78 is 13.5. The van der Waals surface area contributed by atoms with Crippen LogP contribution in [0.3, 0.4) is 0 Å². The summed E-state index contributed by atoms with van der Waals surface area (Å²) in [7, 11) is 4.04. The molecule has 0 N–H and O–H groups in total. The Bertz CT molecular complexity index is 711. The number of amides is 2. The number of hydrogen-bond acceptors (Lipinski definition) is 3. The van der Waals surface area contributed by atoms with E-state index in [0.29, 0.717) is 30.6 Å². The largest absolute Gasteiger partial charge is 0.341 e. The maximum atomic E-state index is 13.5. The normalized spacial score (nSPS) is 19.8. The highest BCUT2D eigenvalue weighted by Crippen LogP contribution is 2.40. The van der Waals surface area contributed by atoms with Crippen molar-refractivity contribution in [2.45, 2.75) is 32.6 Å². The van der Waals surface area contributed by atoms with Gasteiger partial charge in [0.25, 0.3) is 5.91 Å². The Labute approximate surface area is 161 Å². The Balaban J connectivity index is 1.61. The molecule has 0 saturated carbocycles. The van der Waals surface area contributed by atoms with Crippen LogP contribution >= 0.6 is 0 Å². The van der Waals surface area contributed by atoms with Gasteiger partial charge in [-0.3, -0.25) is 9.59 Å². The van der Waals surface area contributed by atoms with Crippen molar-refractivity contribution >= 4 is 11.8 Å². The predicted molar refractivity (Wildman–Crippen MR) is 103 cm³/mol. The number of carbonyl (C=O) groups excluding carboxylic acids is 2. The molecular formula is C21H30FN3O2. The first-order valence-electron chi connectivity index (χ1n) is 9.78. The van der Waals surface area contributed by atoms with Crippen molar-refractivity contribution < 1.29 is 14.0 Å². The van der Waals surface area contributed by atoms with Gasteiger partial charge in [0.05, 0.1) is 0 Å². The summed E-state index contributed by atoms with van der Waals surface area (Å²) in [6, 6.07) is 4.56. The van der Waals surface area contributed by atoms with E-state index in [-0.39, 0.29) is 23.0 Å². The number of likely N-dealkylation sites (tertiary alicyclic amines) is 2. The number of carbonyl (C=O) groups is 2. The highest BCUT2D eigenvalue weighted by Gasteiger charge is 2.41. The molecule has 0 atom stereocenters. The molecule has 6 heteroatoms. The quantitative estimate of drug-likeness (QED) is 0.812. The fourth-order valence-electron chi connectivity index (χ4n) is 4.18. The molecule has 0 bridgehead atoms. The first-order chi connectivity index (χ1) is 12.8. The van der Waals surface area contributed by atoms with Crippen LogP contribution in [-0.4, -0.2) is 73.3 Å². The molecule has 0 aliphatic carbocycles. The minimum absolute atomic E-state index is 0.0238. The Morgan fingerprint density at radius 3 is 2.56 bits per heavy atom. The van der Waals surface area contributed by atoms with Gasteiger partial charge in [-0.1, -0.05) is 0 Å². The summed E-state index contributed by atoms with van der Waals surface area (Å²) in [6.45, 7) is 5.52. The van der Waals surface area contributed by atoms with E-state index in [1.165, 1.54) is 6.07 Å². The molecule has 148 valence electrons. The van der Waals surface area contributed by atoms with Gasteiger partial charge in [-0.15, -0.1) is 0 Å². The molecule has 5 nitrogen and oxygen atoms in total. The average Bonchev–Trinajstić information content (AvgIpc) is 2.65. The lowest BCUT2D eigenvalue weighted by molar-refractivity contribution is -0.139. The van der Waals surface area contributed by atoms with Crippen LogP contribution in [0.15, 0.2) is 18.2 Å². The molecule has 2 aliphatic heterocycles. The van der Waals surface area contributed by atoms with Crippen LogP contribution in [0.4, 0.5) is 4.39 Å². The summed E-state index contributed by atoms with van der Waals surface area (Å²) >= 11 is 0. The number of hydrogen-bond donors (Lipinski definition) is 0. The monoisotopic (exact) mass is 375 g/mol. The fraction of sp³-hybridized carbons (Fsp3) is 0.619. The van der Waals surface area contributed by atoms with Gasteiger partial charge >= 0.3 is 0 Å². The third-order valence-corrected chi connectivity index (χ3v) is 6.08. The van der Waals surface area contributed by atoms with E-state index in [0.717, 1.165) is 38.9 Å². The van der Waals surface area contributed by atoms with Gasteiger partial charge in [0.2, 0.25) is 5.91 Å². The number of halogens is 1. The highest BCUT2D eigenvalue weighted by atomic mass is 19.1. The molecule has 0 unspecified atom stereocenters. The zero-order valence-electron chi connectivity index (χ0n) is 16.6. The number of nitrogens with zero attached hydrogens (tertiary/aromatic N) is 3. The number of rotatable bonds is 4. The maximum Gasteiger partial charge on any atom is 0.253 e. The Morgan fingerprint density at radius 1 is 1.22 bits per heavy atom. The summed E-state index contributed by atoms with van der Waals surface area (Å²) in [6.07, 6.45) is 3.37. The second kappa shape index (κ2) is 7.97. The summed E-state index contributed by atoms with van der Waals surface area (Å²) in [5, 5.41) is 0. The average molecular weight is 375 g/mol. The predicted octanol–water partition coefficient (Wildman–Crippen LogP) is 2.54. The molecule has 0 radical (unpaired) electrons. The Kier molecular flexibility index (Phi) is 5.84. The van der Waals surface area contributed by atoms with Crippen LogP contribution in [-0.2, 0) is 4.79 Å². The van der Waals surface area contributed by atoms with Crippen LogP contribution in [0, 0.1) is 18.2 Å². The third kappa shape index (κ3) is 4.49. The Hall–Kier alpha value is -1.95. The highest BCUT2D eigenvalue weighted by molar-refractivity contribution is 5.94. The van der Waals surface area contributed by atoms with Crippen LogP contribution in [0.5, 0.6) is 0 Å². The van der Waals surface area contributed by atoms with Crippen molar-refractivity contribution in [3.8, 4) is 0 Å². The number of piperidine rings is 2. The first-order valence-corrected chi connectivity index (χ1v) is 9.78. The Morgan fingerprint density at radius 2 is 1.93 bits per heavy atom. The fourth-order valence-corrected chi connectivity index (χ4v) is 4.18. The smallest absolute Gasteiger partial charge is 0.253 e. The maximum absolute atomic E-state index is 13.5. The standard InChI is InChI=1S/C21H30FN3O2/c1-16-14-17(4-5-18(16)22)20(27)24-10-8-21(9-11-24)7-6-19(26)25(15-21)13-12-23(2)3/h4-5,14H,6-13,15H2,1-3H3. The van der Waals surface area contributed by atoms with Gasteiger partial charge in [-0.2, -0.15) is 0 Å². The van der Waals surface area contributed by atoms with Crippen LogP contribution in [0.1, 0.15) is 41.6 Å². The van der Waals surface area contributed by atoms with Crippen LogP contribution < -0.4 is 0 Å². The second-order valence-electron chi connectivity index (χ2n) is 8.37. The van der Waals surface area contributed by atoms with E-state index >= 15 is 0 Å². The summed E-state index contributed by atoms with van der Waals surface area (Å²) in [5.74, 6) is -0.0547. The van der Waals surface area contributed by atoms with E-state index < -0.39 is 0 Å². The lowest BCUT2D eigenvalue weighted by Gasteiger charge is -2.47. The molecule has 2 amide bonds. The van der Waals surface area contributed by atoms with Gasteiger partial charge in [0, 0.05) is 44.7 Å². The van der Waals surface area contributed by atoms with Crippen LogP contribution in [0.2, 0.25) is 0 Å². The molecule has 2 fully saturated rings. The van der Waals surface area contributed by atoms with E-state index in [1.807, 2.05) is 23.9 Å². The molecule has 2 heterocycles. The molecule has 2 aliphatic rings. The van der Waals surface area contributed by atoms with Crippen molar-refractivity contribution in [3.63, 3.8) is 0 Å². The third-order valence-electron chi connectivity index (χ3n) is 6.08. The number of benzene rings is 1. The van der Waals surface area contributed by atoms with Crippen molar-refractivity contribution in [1.82, 2.24) is 14.7 Å². The zero-order valence-corrected chi connectivity index (χ0v) is 16.6. The van der Waals surface area contributed by atoms with Crippen LogP contribution in [0.25, 0.3) is 0 Å². The summed E-state index contributed by atoms with van der Waals surface area (Å²) in [5.41, 5.74) is 1.18. The van der Waals surface area contributed by atoms with Crippen molar-refractivity contribution in [2.24, 2.45) is 5.41 Å². The van der Waals surface area contributed by atoms with Gasteiger partial charge in [0.1, 0.15) is 5.82 Å². The molecule has 0 aromatic heterocycles. The van der Waals surface area contributed by atoms with Gasteiger partial charge in [-0.05, 0) is 69.5 Å². The van der Waals surface area contributed by atoms with Crippen molar-refractivity contribution in [2.75, 3.05) is 46.8 Å². The lowest BCUT2D eigenvalue weighted by atomic mass is 9.72. The lowest BCUT2D eigenvalue weighted by Crippen LogP contribution is -2.53. The molecular weight excluding hydrogens is 345 g/mol. The summed E-state index contributed by atoms with van der Waals surface area (Å²) in [4.78, 5) is 31.0. The van der Waals surface area contributed by atoms with Gasteiger partial charge < -0.3 is 14.7 Å². The van der Waals surface area contributed by atoms with E-state index in [9.17, 15) is 14.0 Å². The topological polar surface area (TPSA) is 43.9 Å². The molecule has 27 heavy (non-hydrogen) atoms. The zero-order chi connectivity index (χ0) is 19.6. The van der Waals surface area contributed by atoms with Crippen molar-refractivity contribution in [3.05, 3.63) is 35.1 Å². The molecule has 1 spiro atoms. The van der Waals surface area contributed by atoms with Gasteiger partial charge in [0.15, 0.2) is 0 Å². The first kappa shape index (κ1) is 19.8.